The lowest BCUT2D eigenvalue weighted by Gasteiger charge is -2.13. The predicted octanol–water partition coefficient (Wildman–Crippen LogP) is 1.47. The van der Waals surface area contributed by atoms with Crippen LogP contribution >= 0.6 is 0 Å². The van der Waals surface area contributed by atoms with Crippen molar-refractivity contribution >= 4 is 5.91 Å². The van der Waals surface area contributed by atoms with E-state index in [0.29, 0.717) is 13.0 Å². The van der Waals surface area contributed by atoms with Crippen molar-refractivity contribution in [3.8, 4) is 0 Å². The summed E-state index contributed by atoms with van der Waals surface area (Å²) in [4.78, 5) is 12.7. The highest BCUT2D eigenvalue weighted by Crippen LogP contribution is 1.97. The van der Waals surface area contributed by atoms with Crippen LogP contribution in [0.25, 0.3) is 0 Å². The highest BCUT2D eigenvalue weighted by Gasteiger charge is 2.03. The van der Waals surface area contributed by atoms with E-state index >= 15 is 0 Å². The highest BCUT2D eigenvalue weighted by molar-refractivity contribution is 5.75. The number of carbonyl (C=O) groups excluding carboxylic acids is 1. The SMILES string of the molecule is [CH2]CN(C)C(=O)CCCC. The fraction of sp³-hybridized carbons (Fsp3) is 0.750. The van der Waals surface area contributed by atoms with Gasteiger partial charge in [0.15, 0.2) is 0 Å². The number of unbranched alkanes of at least 4 members (excludes halogenated alkanes) is 1. The first-order valence-corrected chi connectivity index (χ1v) is 3.75. The molecule has 59 valence electrons. The van der Waals surface area contributed by atoms with Crippen LogP contribution in [0.3, 0.4) is 0 Å². The summed E-state index contributed by atoms with van der Waals surface area (Å²) in [6.07, 6.45) is 2.74. The third-order valence-electron chi connectivity index (χ3n) is 1.51. The van der Waals surface area contributed by atoms with E-state index in [2.05, 4.69) is 13.8 Å². The number of amides is 1. The molecule has 1 radical (unpaired) electrons. The molecule has 0 bridgehead atoms. The molecule has 0 aromatic heterocycles. The van der Waals surface area contributed by atoms with Gasteiger partial charge in [-0.25, -0.2) is 0 Å². The largest absolute Gasteiger partial charge is 0.346 e. The van der Waals surface area contributed by atoms with E-state index in [-0.39, 0.29) is 5.91 Å². The monoisotopic (exact) mass is 142 g/mol. The van der Waals surface area contributed by atoms with Crippen LogP contribution in [-0.2, 0) is 4.79 Å². The van der Waals surface area contributed by atoms with Crippen LogP contribution in [0.5, 0.6) is 0 Å². The Morgan fingerprint density at radius 2 is 2.20 bits per heavy atom. The molecule has 2 nitrogen and oxygen atoms in total. The van der Waals surface area contributed by atoms with Crippen molar-refractivity contribution in [1.82, 2.24) is 4.90 Å². The Bertz CT molecular complexity index is 101. The van der Waals surface area contributed by atoms with Gasteiger partial charge in [-0.2, -0.15) is 0 Å². The molecule has 0 aliphatic rings. The van der Waals surface area contributed by atoms with Crippen LogP contribution in [0.2, 0.25) is 0 Å². The van der Waals surface area contributed by atoms with Crippen molar-refractivity contribution in [2.75, 3.05) is 13.6 Å². The number of carbonyl (C=O) groups is 1. The Balaban J connectivity index is 3.42. The van der Waals surface area contributed by atoms with Crippen molar-refractivity contribution in [3.63, 3.8) is 0 Å². The highest BCUT2D eigenvalue weighted by atomic mass is 16.2. The second-order valence-electron chi connectivity index (χ2n) is 2.42. The molecule has 0 aromatic rings. The topological polar surface area (TPSA) is 20.3 Å². The molecule has 0 fully saturated rings. The Morgan fingerprint density at radius 1 is 1.60 bits per heavy atom. The third-order valence-corrected chi connectivity index (χ3v) is 1.51. The zero-order valence-electron chi connectivity index (χ0n) is 6.89. The van der Waals surface area contributed by atoms with E-state index in [0.717, 1.165) is 12.8 Å². The van der Waals surface area contributed by atoms with E-state index in [1.807, 2.05) is 0 Å². The van der Waals surface area contributed by atoms with Gasteiger partial charge in [0.2, 0.25) is 5.91 Å². The summed E-state index contributed by atoms with van der Waals surface area (Å²) in [5, 5.41) is 0. The maximum Gasteiger partial charge on any atom is 0.222 e. The summed E-state index contributed by atoms with van der Waals surface area (Å²) < 4.78 is 0. The van der Waals surface area contributed by atoms with Crippen LogP contribution < -0.4 is 0 Å². The lowest BCUT2D eigenvalue weighted by molar-refractivity contribution is -0.129. The minimum atomic E-state index is 0.205. The summed E-state index contributed by atoms with van der Waals surface area (Å²) in [7, 11) is 1.78. The van der Waals surface area contributed by atoms with Gasteiger partial charge in [-0.05, 0) is 13.3 Å². The maximum atomic E-state index is 11.0. The van der Waals surface area contributed by atoms with Gasteiger partial charge in [-0.15, -0.1) is 0 Å². The van der Waals surface area contributed by atoms with Gasteiger partial charge in [0.25, 0.3) is 0 Å². The molecule has 1 amide bonds. The van der Waals surface area contributed by atoms with Crippen molar-refractivity contribution in [2.24, 2.45) is 0 Å². The van der Waals surface area contributed by atoms with Gasteiger partial charge in [-0.3, -0.25) is 4.79 Å². The first-order valence-electron chi connectivity index (χ1n) is 3.75. The van der Waals surface area contributed by atoms with Crippen LogP contribution in [0.4, 0.5) is 0 Å². The van der Waals surface area contributed by atoms with Crippen LogP contribution in [0.15, 0.2) is 0 Å². The van der Waals surface area contributed by atoms with Gasteiger partial charge >= 0.3 is 0 Å². The first-order chi connectivity index (χ1) is 4.72. The standard InChI is InChI=1S/C8H16NO/c1-4-6-7-8(10)9(3)5-2/h2,4-7H2,1,3H3. The third kappa shape index (κ3) is 3.49. The smallest absolute Gasteiger partial charge is 0.222 e. The molecule has 0 saturated carbocycles. The second-order valence-corrected chi connectivity index (χ2v) is 2.42. The molecule has 0 atom stereocenters. The summed E-state index contributed by atoms with van der Waals surface area (Å²) in [5.41, 5.74) is 0. The minimum Gasteiger partial charge on any atom is -0.346 e. The number of hydrogen-bond acceptors (Lipinski definition) is 1. The van der Waals surface area contributed by atoms with E-state index in [4.69, 9.17) is 0 Å². The Labute approximate surface area is 63.2 Å². The molecule has 0 heterocycles. The minimum absolute atomic E-state index is 0.205. The van der Waals surface area contributed by atoms with Gasteiger partial charge < -0.3 is 4.90 Å². The zero-order chi connectivity index (χ0) is 7.98. The Hall–Kier alpha value is -0.530. The van der Waals surface area contributed by atoms with E-state index < -0.39 is 0 Å². The summed E-state index contributed by atoms with van der Waals surface area (Å²) in [5.74, 6) is 0.205. The fourth-order valence-corrected chi connectivity index (χ4v) is 0.644. The predicted molar refractivity (Wildman–Crippen MR) is 42.5 cm³/mol. The van der Waals surface area contributed by atoms with Crippen LogP contribution in [0, 0.1) is 6.92 Å². The molecule has 0 saturated heterocycles. The van der Waals surface area contributed by atoms with Crippen molar-refractivity contribution in [2.45, 2.75) is 26.2 Å². The lowest BCUT2D eigenvalue weighted by Crippen LogP contribution is -2.25. The van der Waals surface area contributed by atoms with Gasteiger partial charge in [0, 0.05) is 20.0 Å². The number of hydrogen-bond donors (Lipinski definition) is 0. The van der Waals surface area contributed by atoms with Gasteiger partial charge in [0.1, 0.15) is 0 Å². The normalized spacial score (nSPS) is 9.50. The van der Waals surface area contributed by atoms with Gasteiger partial charge in [-0.1, -0.05) is 13.3 Å². The molecule has 0 N–H and O–H groups in total. The quantitative estimate of drug-likeness (QED) is 0.582. The summed E-state index contributed by atoms with van der Waals surface area (Å²) in [6, 6.07) is 0. The first kappa shape index (κ1) is 9.47. The Morgan fingerprint density at radius 3 is 2.60 bits per heavy atom. The average Bonchev–Trinajstić information content (AvgIpc) is 1.98. The van der Waals surface area contributed by atoms with E-state index in [1.54, 1.807) is 11.9 Å². The van der Waals surface area contributed by atoms with Crippen molar-refractivity contribution < 1.29 is 4.79 Å². The second kappa shape index (κ2) is 5.27. The zero-order valence-corrected chi connectivity index (χ0v) is 6.89. The van der Waals surface area contributed by atoms with Crippen LogP contribution in [-0.4, -0.2) is 24.4 Å². The molecular formula is C8H16NO. The molecule has 0 aromatic carbocycles. The molecule has 0 spiro atoms. The summed E-state index contributed by atoms with van der Waals surface area (Å²) >= 11 is 0. The molecule has 10 heavy (non-hydrogen) atoms. The summed E-state index contributed by atoms with van der Waals surface area (Å²) in [6.45, 7) is 6.27. The van der Waals surface area contributed by atoms with E-state index in [1.165, 1.54) is 0 Å². The fourth-order valence-electron chi connectivity index (χ4n) is 0.644. The lowest BCUT2D eigenvalue weighted by atomic mass is 10.2. The number of rotatable bonds is 4. The average molecular weight is 142 g/mol. The van der Waals surface area contributed by atoms with Gasteiger partial charge in [0.05, 0.1) is 0 Å². The van der Waals surface area contributed by atoms with Crippen LogP contribution in [0.1, 0.15) is 26.2 Å². The van der Waals surface area contributed by atoms with E-state index in [9.17, 15) is 4.79 Å². The molecule has 0 aliphatic carbocycles. The van der Waals surface area contributed by atoms with Crippen molar-refractivity contribution in [3.05, 3.63) is 6.92 Å². The molecule has 2 heteroatoms. The number of nitrogens with zero attached hydrogens (tertiary/aromatic N) is 1. The molecule has 0 unspecified atom stereocenters. The Kier molecular flexibility index (Phi) is 4.99. The molecular weight excluding hydrogens is 126 g/mol. The maximum absolute atomic E-state index is 11.0. The van der Waals surface area contributed by atoms with Crippen molar-refractivity contribution in [1.29, 1.82) is 0 Å². The molecule has 0 rings (SSSR count). The molecule has 0 aliphatic heterocycles.